The summed E-state index contributed by atoms with van der Waals surface area (Å²) in [5.41, 5.74) is 3.33. The molecule has 1 aromatic carbocycles. The molecule has 0 aromatic heterocycles. The summed E-state index contributed by atoms with van der Waals surface area (Å²) in [6.07, 6.45) is 7.15. The van der Waals surface area contributed by atoms with E-state index in [2.05, 4.69) is 16.6 Å². The predicted molar refractivity (Wildman–Crippen MR) is 61.1 cm³/mol. The number of para-hydroxylation sites is 2. The summed E-state index contributed by atoms with van der Waals surface area (Å²) in [7, 11) is 0. The summed E-state index contributed by atoms with van der Waals surface area (Å²) < 4.78 is 0. The molecule has 1 aromatic rings. The van der Waals surface area contributed by atoms with E-state index in [9.17, 15) is 9.90 Å². The number of nitrogens with zero attached hydrogens (tertiary/aromatic N) is 1. The molecular formula is C12H9N2O2Re-. The largest absolute Gasteiger partial charge is 0.506 e. The van der Waals surface area contributed by atoms with Crippen molar-refractivity contribution in [2.75, 3.05) is 5.43 Å². The summed E-state index contributed by atoms with van der Waals surface area (Å²) in [4.78, 5) is 11.3. The Labute approximate surface area is 112 Å². The number of hydrogen-bond donors (Lipinski definition) is 2. The van der Waals surface area contributed by atoms with Crippen molar-refractivity contribution in [3.8, 4) is 5.75 Å². The fourth-order valence-electron chi connectivity index (χ4n) is 1.18. The van der Waals surface area contributed by atoms with Crippen LogP contribution in [0.1, 0.15) is 0 Å². The second-order valence-electron chi connectivity index (χ2n) is 3.13. The molecule has 5 heteroatoms. The van der Waals surface area contributed by atoms with Gasteiger partial charge in [-0.3, -0.25) is 5.43 Å². The number of anilines is 1. The van der Waals surface area contributed by atoms with E-state index in [0.717, 1.165) is 0 Å². The van der Waals surface area contributed by atoms with Crippen LogP contribution in [-0.4, -0.2) is 16.6 Å². The zero-order chi connectivity index (χ0) is 11.4. The Balaban J connectivity index is 0.00000144. The number of phenols is 1. The Morgan fingerprint density at radius 1 is 1.29 bits per heavy atom. The van der Waals surface area contributed by atoms with Gasteiger partial charge in [-0.15, -0.1) is 12.2 Å². The SMILES string of the molecule is O=C1C=C[C-]=CC1=NNc1ccccc1O.[Re]. The van der Waals surface area contributed by atoms with Crippen LogP contribution in [0.4, 0.5) is 5.69 Å². The summed E-state index contributed by atoms with van der Waals surface area (Å²) in [5, 5.41) is 13.3. The fourth-order valence-corrected chi connectivity index (χ4v) is 1.18. The monoisotopic (exact) mass is 400 g/mol. The standard InChI is InChI=1S/C12H9N2O2.Re/c15-11-7-3-1-5-9(11)13-14-10-6-2-4-8-12(10)16;/h1,3-8,13,15H;/q-1;. The molecule has 0 unspecified atom stereocenters. The van der Waals surface area contributed by atoms with E-state index < -0.39 is 0 Å². The topological polar surface area (TPSA) is 61.7 Å². The van der Waals surface area contributed by atoms with Crippen molar-refractivity contribution in [2.24, 2.45) is 5.10 Å². The molecule has 0 atom stereocenters. The van der Waals surface area contributed by atoms with Crippen LogP contribution in [0.15, 0.2) is 47.6 Å². The van der Waals surface area contributed by atoms with Crippen LogP contribution < -0.4 is 5.43 Å². The number of carbonyl (C=O) groups excluding carboxylic acids is 1. The third-order valence-electron chi connectivity index (χ3n) is 2.00. The van der Waals surface area contributed by atoms with Gasteiger partial charge in [-0.25, -0.2) is 5.10 Å². The minimum Gasteiger partial charge on any atom is -0.506 e. The van der Waals surface area contributed by atoms with Gasteiger partial charge in [-0.05, 0) is 12.1 Å². The van der Waals surface area contributed by atoms with Gasteiger partial charge >= 0.3 is 0 Å². The van der Waals surface area contributed by atoms with Crippen molar-refractivity contribution >= 4 is 17.2 Å². The first kappa shape index (κ1) is 13.4. The zero-order valence-corrected chi connectivity index (χ0v) is 11.4. The van der Waals surface area contributed by atoms with Gasteiger partial charge in [-0.1, -0.05) is 12.1 Å². The second kappa shape index (κ2) is 6.14. The van der Waals surface area contributed by atoms with Crippen molar-refractivity contribution in [1.29, 1.82) is 0 Å². The van der Waals surface area contributed by atoms with E-state index in [-0.39, 0.29) is 37.7 Å². The Morgan fingerprint density at radius 3 is 2.76 bits per heavy atom. The number of hydrogen-bond acceptors (Lipinski definition) is 4. The summed E-state index contributed by atoms with van der Waals surface area (Å²) in [6, 6.07) is 6.66. The van der Waals surface area contributed by atoms with Gasteiger partial charge in [0.2, 0.25) is 0 Å². The van der Waals surface area contributed by atoms with Crippen molar-refractivity contribution in [3.63, 3.8) is 0 Å². The molecule has 1 aliphatic rings. The van der Waals surface area contributed by atoms with E-state index in [0.29, 0.717) is 5.69 Å². The Bertz CT molecular complexity index is 507. The van der Waals surface area contributed by atoms with Crippen LogP contribution in [-0.2, 0) is 25.2 Å². The van der Waals surface area contributed by atoms with E-state index >= 15 is 0 Å². The minimum atomic E-state index is -0.193. The number of phenolic OH excluding ortho intramolecular Hbond substituents is 1. The van der Waals surface area contributed by atoms with E-state index in [1.807, 2.05) is 0 Å². The molecule has 4 nitrogen and oxygen atoms in total. The summed E-state index contributed by atoms with van der Waals surface area (Å²) in [5.74, 6) is -0.111. The van der Waals surface area contributed by atoms with Crippen LogP contribution >= 0.6 is 0 Å². The van der Waals surface area contributed by atoms with Gasteiger partial charge in [0.15, 0.2) is 0 Å². The Kier molecular flexibility index (Phi) is 4.83. The average Bonchev–Trinajstić information content (AvgIpc) is 2.30. The normalized spacial score (nSPS) is 15.8. The molecule has 17 heavy (non-hydrogen) atoms. The van der Waals surface area contributed by atoms with E-state index in [4.69, 9.17) is 0 Å². The number of allylic oxidation sites excluding steroid dienone is 4. The quantitative estimate of drug-likeness (QED) is 0.344. The molecule has 0 amide bonds. The van der Waals surface area contributed by atoms with Gasteiger partial charge < -0.3 is 9.90 Å². The number of ketones is 1. The van der Waals surface area contributed by atoms with Crippen molar-refractivity contribution in [3.05, 3.63) is 48.6 Å². The molecule has 1 aliphatic carbocycles. The van der Waals surface area contributed by atoms with Gasteiger partial charge in [-0.2, -0.15) is 12.2 Å². The van der Waals surface area contributed by atoms with Crippen LogP contribution in [0.2, 0.25) is 0 Å². The van der Waals surface area contributed by atoms with Crippen molar-refractivity contribution < 1.29 is 30.3 Å². The Hall–Kier alpha value is -1.70. The molecule has 0 fully saturated rings. The molecule has 0 heterocycles. The molecule has 0 saturated carbocycles. The van der Waals surface area contributed by atoms with Crippen molar-refractivity contribution in [1.82, 2.24) is 0 Å². The number of aromatic hydroxyl groups is 1. The summed E-state index contributed by atoms with van der Waals surface area (Å²) >= 11 is 0. The first-order valence-electron chi connectivity index (χ1n) is 4.69. The molecule has 2 rings (SSSR count). The first-order chi connectivity index (χ1) is 7.77. The number of carbonyl (C=O) groups is 1. The molecule has 0 aliphatic heterocycles. The molecular weight excluding hydrogens is 390 g/mol. The second-order valence-corrected chi connectivity index (χ2v) is 3.13. The summed E-state index contributed by atoms with van der Waals surface area (Å²) in [6.45, 7) is 0. The third-order valence-corrected chi connectivity index (χ3v) is 2.00. The van der Waals surface area contributed by atoms with Crippen LogP contribution in [0.5, 0.6) is 5.75 Å². The van der Waals surface area contributed by atoms with Gasteiger partial charge in [0.1, 0.15) is 5.75 Å². The van der Waals surface area contributed by atoms with Crippen LogP contribution in [0.3, 0.4) is 0 Å². The first-order valence-corrected chi connectivity index (χ1v) is 4.69. The van der Waals surface area contributed by atoms with E-state index in [1.54, 1.807) is 18.2 Å². The Morgan fingerprint density at radius 2 is 2.06 bits per heavy atom. The number of nitrogens with one attached hydrogen (secondary N) is 1. The number of hydrazone groups is 1. The molecule has 0 bridgehead atoms. The molecule has 0 spiro atoms. The molecule has 87 valence electrons. The fraction of sp³-hybridized carbons (Fsp3) is 0. The molecule has 2 N–H and O–H groups in total. The average molecular weight is 399 g/mol. The predicted octanol–water partition coefficient (Wildman–Crippen LogP) is 1.66. The molecule has 1 radical (unpaired) electrons. The van der Waals surface area contributed by atoms with E-state index in [1.165, 1.54) is 24.3 Å². The number of rotatable bonds is 2. The third kappa shape index (κ3) is 3.38. The zero-order valence-electron chi connectivity index (χ0n) is 8.72. The van der Waals surface area contributed by atoms with Gasteiger partial charge in [0.05, 0.1) is 11.5 Å². The van der Waals surface area contributed by atoms with Crippen LogP contribution in [0.25, 0.3) is 0 Å². The maximum absolute atomic E-state index is 11.3. The maximum atomic E-state index is 11.3. The smallest absolute Gasteiger partial charge is 0.140 e. The number of benzene rings is 1. The van der Waals surface area contributed by atoms with Crippen molar-refractivity contribution in [2.45, 2.75) is 0 Å². The van der Waals surface area contributed by atoms with Gasteiger partial charge in [0, 0.05) is 26.1 Å². The van der Waals surface area contributed by atoms with Gasteiger partial charge in [0.25, 0.3) is 0 Å². The maximum Gasteiger partial charge on any atom is 0.140 e. The molecule has 0 saturated heterocycles. The van der Waals surface area contributed by atoms with Crippen LogP contribution in [0, 0.1) is 6.08 Å². The minimum absolute atomic E-state index is 0.